The summed E-state index contributed by atoms with van der Waals surface area (Å²) >= 11 is 4.92. The number of hydrogen-bond donors (Lipinski definition) is 3. The molecule has 0 amide bonds. The second kappa shape index (κ2) is 5.88. The van der Waals surface area contributed by atoms with E-state index in [9.17, 15) is 20.0 Å². The summed E-state index contributed by atoms with van der Waals surface area (Å²) in [6.45, 7) is 1.88. The SMILES string of the molecule is CCc1[nH]c(=S)[nH]c(=O)c1Cc1ccc(O)c([N+](=O)[O-])c1. The van der Waals surface area contributed by atoms with Crippen molar-refractivity contribution < 1.29 is 10.0 Å². The molecule has 1 aromatic carbocycles. The third-order valence-electron chi connectivity index (χ3n) is 3.10. The number of rotatable bonds is 4. The van der Waals surface area contributed by atoms with Crippen LogP contribution in [0.4, 0.5) is 5.69 Å². The third kappa shape index (κ3) is 3.16. The third-order valence-corrected chi connectivity index (χ3v) is 3.30. The zero-order chi connectivity index (χ0) is 15.6. The molecule has 21 heavy (non-hydrogen) atoms. The van der Waals surface area contributed by atoms with Gasteiger partial charge in [0, 0.05) is 23.7 Å². The van der Waals surface area contributed by atoms with Crippen molar-refractivity contribution in [3.63, 3.8) is 0 Å². The topological polar surface area (TPSA) is 112 Å². The second-order valence-electron chi connectivity index (χ2n) is 4.48. The molecule has 1 heterocycles. The van der Waals surface area contributed by atoms with Crippen molar-refractivity contribution in [2.75, 3.05) is 0 Å². The number of nitrogens with one attached hydrogen (secondary N) is 2. The molecule has 0 aliphatic carbocycles. The molecular weight excluding hydrogens is 294 g/mol. The van der Waals surface area contributed by atoms with Crippen molar-refractivity contribution in [3.05, 3.63) is 60.3 Å². The first-order valence-corrected chi connectivity index (χ1v) is 6.63. The Morgan fingerprint density at radius 2 is 2.10 bits per heavy atom. The first-order valence-electron chi connectivity index (χ1n) is 6.23. The molecule has 8 heteroatoms. The van der Waals surface area contributed by atoms with Crippen molar-refractivity contribution in [1.29, 1.82) is 0 Å². The zero-order valence-corrected chi connectivity index (χ0v) is 12.0. The molecule has 1 aromatic heterocycles. The number of aryl methyl sites for hydroxylation is 1. The van der Waals surface area contributed by atoms with Crippen LogP contribution in [0.25, 0.3) is 0 Å². The van der Waals surface area contributed by atoms with Crippen LogP contribution in [-0.2, 0) is 12.8 Å². The summed E-state index contributed by atoms with van der Waals surface area (Å²) in [6, 6.07) is 4.05. The van der Waals surface area contributed by atoms with Gasteiger partial charge in [0.15, 0.2) is 10.5 Å². The van der Waals surface area contributed by atoms with E-state index in [0.717, 1.165) is 0 Å². The number of aromatic hydroxyl groups is 1. The highest BCUT2D eigenvalue weighted by Gasteiger charge is 2.15. The van der Waals surface area contributed by atoms with E-state index in [1.165, 1.54) is 12.1 Å². The Morgan fingerprint density at radius 3 is 2.71 bits per heavy atom. The predicted octanol–water partition coefficient (Wildman–Crippen LogP) is 2.20. The molecule has 110 valence electrons. The lowest BCUT2D eigenvalue weighted by molar-refractivity contribution is -0.385. The summed E-state index contributed by atoms with van der Waals surface area (Å²) < 4.78 is 0.247. The van der Waals surface area contributed by atoms with Gasteiger partial charge in [-0.3, -0.25) is 19.9 Å². The predicted molar refractivity (Wildman–Crippen MR) is 79.2 cm³/mol. The molecule has 2 aromatic rings. The fraction of sp³-hybridized carbons (Fsp3) is 0.231. The Kier molecular flexibility index (Phi) is 4.18. The van der Waals surface area contributed by atoms with Gasteiger partial charge in [0.2, 0.25) is 0 Å². The highest BCUT2D eigenvalue weighted by atomic mass is 32.1. The molecule has 0 bridgehead atoms. The van der Waals surface area contributed by atoms with Crippen LogP contribution in [0.1, 0.15) is 23.7 Å². The smallest absolute Gasteiger partial charge is 0.310 e. The van der Waals surface area contributed by atoms with E-state index in [1.54, 1.807) is 6.07 Å². The van der Waals surface area contributed by atoms with Gasteiger partial charge in [-0.05, 0) is 30.3 Å². The van der Waals surface area contributed by atoms with Crippen LogP contribution in [0.5, 0.6) is 5.75 Å². The average Bonchev–Trinajstić information content (AvgIpc) is 2.42. The Bertz CT molecular complexity index is 810. The molecule has 0 unspecified atom stereocenters. The number of hydrogen-bond acceptors (Lipinski definition) is 5. The molecule has 0 spiro atoms. The number of aromatic nitrogens is 2. The van der Waals surface area contributed by atoms with Gasteiger partial charge in [-0.15, -0.1) is 0 Å². The first-order chi connectivity index (χ1) is 9.92. The van der Waals surface area contributed by atoms with Crippen molar-refractivity contribution in [2.24, 2.45) is 0 Å². The maximum atomic E-state index is 12.0. The molecule has 0 saturated heterocycles. The highest BCUT2D eigenvalue weighted by molar-refractivity contribution is 7.71. The Morgan fingerprint density at radius 1 is 1.38 bits per heavy atom. The van der Waals surface area contributed by atoms with Gasteiger partial charge in [0.05, 0.1) is 4.92 Å². The molecule has 0 saturated carbocycles. The Balaban J connectivity index is 2.48. The van der Waals surface area contributed by atoms with E-state index in [-0.39, 0.29) is 22.4 Å². The normalized spacial score (nSPS) is 10.5. The van der Waals surface area contributed by atoms with Crippen LogP contribution in [0.2, 0.25) is 0 Å². The first kappa shape index (κ1) is 14.9. The van der Waals surface area contributed by atoms with E-state index in [4.69, 9.17) is 12.2 Å². The lowest BCUT2D eigenvalue weighted by Gasteiger charge is -2.07. The van der Waals surface area contributed by atoms with Crippen molar-refractivity contribution in [3.8, 4) is 5.75 Å². The number of aromatic amines is 2. The zero-order valence-electron chi connectivity index (χ0n) is 11.2. The van der Waals surface area contributed by atoms with Gasteiger partial charge in [-0.25, -0.2) is 0 Å². The van der Waals surface area contributed by atoms with Crippen LogP contribution in [0.15, 0.2) is 23.0 Å². The van der Waals surface area contributed by atoms with Crippen LogP contribution < -0.4 is 5.56 Å². The summed E-state index contributed by atoms with van der Waals surface area (Å²) in [5, 5.41) is 20.3. The molecule has 0 atom stereocenters. The summed E-state index contributed by atoms with van der Waals surface area (Å²) in [4.78, 5) is 27.6. The molecule has 0 aliphatic heterocycles. The molecule has 2 rings (SSSR count). The minimum Gasteiger partial charge on any atom is -0.502 e. The van der Waals surface area contributed by atoms with Crippen molar-refractivity contribution >= 4 is 17.9 Å². The van der Waals surface area contributed by atoms with E-state index in [0.29, 0.717) is 23.2 Å². The molecule has 0 aliphatic rings. The monoisotopic (exact) mass is 307 g/mol. The van der Waals surface area contributed by atoms with E-state index in [2.05, 4.69) is 9.97 Å². The molecular formula is C13H13N3O4S. The van der Waals surface area contributed by atoms with Crippen molar-refractivity contribution in [2.45, 2.75) is 19.8 Å². The standard InChI is InChI=1S/C13H13N3O4S/c1-2-9-8(12(18)15-13(21)14-9)5-7-3-4-11(17)10(6-7)16(19)20/h3-4,6,17H,2,5H2,1H3,(H2,14,15,18,21). The number of benzene rings is 1. The quantitative estimate of drug-likeness (QED) is 0.455. The van der Waals surface area contributed by atoms with Crippen molar-refractivity contribution in [1.82, 2.24) is 9.97 Å². The van der Waals surface area contributed by atoms with Gasteiger partial charge in [-0.2, -0.15) is 0 Å². The lowest BCUT2D eigenvalue weighted by atomic mass is 10.0. The number of phenols is 1. The van der Waals surface area contributed by atoms with Crippen LogP contribution in [0, 0.1) is 14.9 Å². The summed E-state index contributed by atoms with van der Waals surface area (Å²) in [5.74, 6) is -0.402. The van der Waals surface area contributed by atoms with Gasteiger partial charge in [-0.1, -0.05) is 13.0 Å². The Hall–Kier alpha value is -2.48. The molecule has 7 nitrogen and oxygen atoms in total. The summed E-state index contributed by atoms with van der Waals surface area (Å²) in [5.41, 5.74) is 1.04. The summed E-state index contributed by atoms with van der Waals surface area (Å²) in [7, 11) is 0. The van der Waals surface area contributed by atoms with E-state index < -0.39 is 10.7 Å². The maximum absolute atomic E-state index is 12.0. The number of nitro benzene ring substituents is 1. The fourth-order valence-corrected chi connectivity index (χ4v) is 2.29. The number of nitro groups is 1. The number of H-pyrrole nitrogens is 2. The van der Waals surface area contributed by atoms with Gasteiger partial charge in [0.25, 0.3) is 5.56 Å². The van der Waals surface area contributed by atoms with Gasteiger partial charge < -0.3 is 10.1 Å². The van der Waals surface area contributed by atoms with Crippen LogP contribution in [-0.4, -0.2) is 20.0 Å². The Labute approximate surface area is 124 Å². The lowest BCUT2D eigenvalue weighted by Crippen LogP contribution is -2.18. The minimum absolute atomic E-state index is 0.214. The van der Waals surface area contributed by atoms with Gasteiger partial charge >= 0.3 is 5.69 Å². The number of phenolic OH excluding ortho intramolecular Hbond substituents is 1. The van der Waals surface area contributed by atoms with Crippen LogP contribution >= 0.6 is 12.2 Å². The van der Waals surface area contributed by atoms with E-state index in [1.807, 2.05) is 6.92 Å². The molecule has 0 radical (unpaired) electrons. The van der Waals surface area contributed by atoms with E-state index >= 15 is 0 Å². The summed E-state index contributed by atoms with van der Waals surface area (Å²) in [6.07, 6.45) is 0.800. The second-order valence-corrected chi connectivity index (χ2v) is 4.88. The van der Waals surface area contributed by atoms with Gasteiger partial charge in [0.1, 0.15) is 0 Å². The fourth-order valence-electron chi connectivity index (χ4n) is 2.08. The number of nitrogens with zero attached hydrogens (tertiary/aromatic N) is 1. The largest absolute Gasteiger partial charge is 0.502 e. The molecule has 3 N–H and O–H groups in total. The molecule has 0 fully saturated rings. The van der Waals surface area contributed by atoms with Crippen LogP contribution in [0.3, 0.4) is 0 Å². The highest BCUT2D eigenvalue weighted by Crippen LogP contribution is 2.27. The minimum atomic E-state index is -0.664. The maximum Gasteiger partial charge on any atom is 0.310 e. The average molecular weight is 307 g/mol.